The van der Waals surface area contributed by atoms with Crippen molar-refractivity contribution in [2.75, 3.05) is 13.7 Å². The molecule has 138 valence electrons. The second-order valence-corrected chi connectivity index (χ2v) is 5.75. The molecule has 5 heteroatoms. The molecule has 0 aliphatic rings. The van der Waals surface area contributed by atoms with E-state index in [0.717, 1.165) is 22.4 Å². The highest BCUT2D eigenvalue weighted by Crippen LogP contribution is 2.33. The molecule has 0 aliphatic heterocycles. The minimum absolute atomic E-state index is 0.545. The Bertz CT molecular complexity index is 938. The Labute approximate surface area is 159 Å². The van der Waals surface area contributed by atoms with Crippen molar-refractivity contribution in [3.63, 3.8) is 0 Å². The van der Waals surface area contributed by atoms with Crippen LogP contribution >= 0.6 is 0 Å². The molecule has 3 rings (SSSR count). The Morgan fingerprint density at radius 1 is 0.889 bits per heavy atom. The third kappa shape index (κ3) is 4.10. The van der Waals surface area contributed by atoms with Crippen LogP contribution in [0.2, 0.25) is 0 Å². The largest absolute Gasteiger partial charge is 0.496 e. The van der Waals surface area contributed by atoms with Crippen LogP contribution in [0, 0.1) is 0 Å². The second-order valence-electron chi connectivity index (χ2n) is 5.75. The van der Waals surface area contributed by atoms with Gasteiger partial charge in [-0.25, -0.2) is 10.8 Å². The third-order valence-corrected chi connectivity index (χ3v) is 4.11. The summed E-state index contributed by atoms with van der Waals surface area (Å²) in [7, 11) is 1.66. The molecule has 27 heavy (non-hydrogen) atoms. The standard InChI is InChI=1S/C22H23N3O2/c1-3-27-21-15-9-7-13-19(21)24-22(25-23)18-12-5-4-10-16(18)17-11-6-8-14-20(17)26-2/h4-15H,3,23H2,1-2H3,(H,24,25). The maximum absolute atomic E-state index is 5.84. The Morgan fingerprint density at radius 2 is 1.52 bits per heavy atom. The number of nitrogens with zero attached hydrogens (tertiary/aromatic N) is 1. The van der Waals surface area contributed by atoms with Gasteiger partial charge in [0.05, 0.1) is 13.7 Å². The molecule has 3 aromatic carbocycles. The number of methoxy groups -OCH3 is 1. The number of ether oxygens (including phenoxy) is 2. The zero-order chi connectivity index (χ0) is 19.1. The lowest BCUT2D eigenvalue weighted by atomic mass is 9.98. The Hall–Kier alpha value is -3.31. The van der Waals surface area contributed by atoms with Crippen LogP contribution in [0.5, 0.6) is 11.5 Å². The van der Waals surface area contributed by atoms with Gasteiger partial charge in [0.1, 0.15) is 23.0 Å². The first-order valence-electron chi connectivity index (χ1n) is 8.78. The van der Waals surface area contributed by atoms with Gasteiger partial charge in [-0.1, -0.05) is 54.6 Å². The lowest BCUT2D eigenvalue weighted by molar-refractivity contribution is 0.341. The van der Waals surface area contributed by atoms with E-state index in [0.29, 0.717) is 23.9 Å². The molecule has 0 fully saturated rings. The number of nitrogens with two attached hydrogens (primary N) is 1. The van der Waals surface area contributed by atoms with Gasteiger partial charge in [0.15, 0.2) is 0 Å². The number of rotatable bonds is 6. The number of hydrazine groups is 1. The first-order valence-corrected chi connectivity index (χ1v) is 8.78. The fraction of sp³-hybridized carbons (Fsp3) is 0.136. The second kappa shape index (κ2) is 8.87. The van der Waals surface area contributed by atoms with E-state index in [4.69, 9.17) is 20.3 Å². The van der Waals surface area contributed by atoms with E-state index in [1.165, 1.54) is 0 Å². The van der Waals surface area contributed by atoms with Gasteiger partial charge >= 0.3 is 0 Å². The highest BCUT2D eigenvalue weighted by molar-refractivity contribution is 6.06. The summed E-state index contributed by atoms with van der Waals surface area (Å²) in [5, 5.41) is 0. The zero-order valence-corrected chi connectivity index (χ0v) is 15.5. The van der Waals surface area contributed by atoms with E-state index in [9.17, 15) is 0 Å². The van der Waals surface area contributed by atoms with Crippen LogP contribution in [0.25, 0.3) is 11.1 Å². The molecule has 0 radical (unpaired) electrons. The number of nitrogens with one attached hydrogen (secondary N) is 1. The molecule has 0 atom stereocenters. The van der Waals surface area contributed by atoms with Crippen LogP contribution in [0.3, 0.4) is 0 Å². The van der Waals surface area contributed by atoms with Crippen molar-refractivity contribution in [3.8, 4) is 22.6 Å². The average molecular weight is 361 g/mol. The predicted molar refractivity (Wildman–Crippen MR) is 110 cm³/mol. The lowest BCUT2D eigenvalue weighted by Gasteiger charge is -2.15. The Morgan fingerprint density at radius 3 is 2.22 bits per heavy atom. The van der Waals surface area contributed by atoms with E-state index in [2.05, 4.69) is 5.43 Å². The summed E-state index contributed by atoms with van der Waals surface area (Å²) in [6.45, 7) is 2.51. The fourth-order valence-electron chi connectivity index (χ4n) is 2.91. The normalized spacial score (nSPS) is 11.1. The highest BCUT2D eigenvalue weighted by Gasteiger charge is 2.14. The minimum Gasteiger partial charge on any atom is -0.496 e. The SMILES string of the molecule is CCOc1ccccc1N=C(NN)c1ccccc1-c1ccccc1OC. The maximum Gasteiger partial charge on any atom is 0.148 e. The van der Waals surface area contributed by atoms with E-state index < -0.39 is 0 Å². The van der Waals surface area contributed by atoms with Crippen LogP contribution in [-0.4, -0.2) is 19.6 Å². The molecule has 3 N–H and O–H groups in total. The van der Waals surface area contributed by atoms with Crippen molar-refractivity contribution >= 4 is 11.5 Å². The van der Waals surface area contributed by atoms with Crippen LogP contribution in [0.4, 0.5) is 5.69 Å². The van der Waals surface area contributed by atoms with Gasteiger partial charge in [-0.15, -0.1) is 0 Å². The molecule has 0 unspecified atom stereocenters. The van der Waals surface area contributed by atoms with Crippen LogP contribution < -0.4 is 20.7 Å². The van der Waals surface area contributed by atoms with Crippen molar-refractivity contribution in [1.82, 2.24) is 5.43 Å². The molecular formula is C22H23N3O2. The molecule has 3 aromatic rings. The molecule has 0 spiro atoms. The van der Waals surface area contributed by atoms with Crippen molar-refractivity contribution < 1.29 is 9.47 Å². The maximum atomic E-state index is 5.84. The van der Waals surface area contributed by atoms with Gasteiger partial charge in [-0.05, 0) is 30.7 Å². The van der Waals surface area contributed by atoms with Gasteiger partial charge in [-0.3, -0.25) is 0 Å². The topological polar surface area (TPSA) is 68.9 Å². The fourth-order valence-corrected chi connectivity index (χ4v) is 2.91. The van der Waals surface area contributed by atoms with Crippen molar-refractivity contribution in [1.29, 1.82) is 0 Å². The molecule has 5 nitrogen and oxygen atoms in total. The summed E-state index contributed by atoms with van der Waals surface area (Å²) in [5.74, 6) is 7.89. The molecule has 0 aromatic heterocycles. The van der Waals surface area contributed by atoms with Crippen molar-refractivity contribution in [3.05, 3.63) is 78.4 Å². The van der Waals surface area contributed by atoms with Crippen LogP contribution in [0.15, 0.2) is 77.8 Å². The number of hydrogen-bond donors (Lipinski definition) is 2. The third-order valence-electron chi connectivity index (χ3n) is 4.11. The quantitative estimate of drug-likeness (QED) is 0.297. The van der Waals surface area contributed by atoms with E-state index in [1.807, 2.05) is 79.7 Å². The molecule has 0 saturated heterocycles. The average Bonchev–Trinajstić information content (AvgIpc) is 2.73. The van der Waals surface area contributed by atoms with Gasteiger partial charge in [0, 0.05) is 11.1 Å². The summed E-state index contributed by atoms with van der Waals surface area (Å²) in [4.78, 5) is 4.72. The van der Waals surface area contributed by atoms with Crippen molar-refractivity contribution in [2.24, 2.45) is 10.8 Å². The van der Waals surface area contributed by atoms with E-state index in [-0.39, 0.29) is 0 Å². The van der Waals surface area contributed by atoms with Gasteiger partial charge in [0.25, 0.3) is 0 Å². The number of para-hydroxylation sites is 3. The van der Waals surface area contributed by atoms with Crippen molar-refractivity contribution in [2.45, 2.75) is 6.92 Å². The Balaban J connectivity index is 2.13. The first kappa shape index (κ1) is 18.5. The first-order chi connectivity index (χ1) is 13.3. The van der Waals surface area contributed by atoms with Gasteiger partial charge < -0.3 is 14.9 Å². The number of aliphatic imine (C=N–C) groups is 1. The molecular weight excluding hydrogens is 338 g/mol. The van der Waals surface area contributed by atoms with Gasteiger partial charge in [0.2, 0.25) is 0 Å². The summed E-state index contributed by atoms with van der Waals surface area (Å²) < 4.78 is 11.2. The summed E-state index contributed by atoms with van der Waals surface area (Å²) in [5.41, 5.74) is 6.26. The summed E-state index contributed by atoms with van der Waals surface area (Å²) >= 11 is 0. The van der Waals surface area contributed by atoms with Crippen LogP contribution in [-0.2, 0) is 0 Å². The molecule has 0 amide bonds. The molecule has 0 aliphatic carbocycles. The summed E-state index contributed by atoms with van der Waals surface area (Å²) in [6, 6.07) is 23.4. The number of amidine groups is 1. The highest BCUT2D eigenvalue weighted by atomic mass is 16.5. The Kier molecular flexibility index (Phi) is 6.07. The smallest absolute Gasteiger partial charge is 0.148 e. The molecule has 0 saturated carbocycles. The van der Waals surface area contributed by atoms with E-state index >= 15 is 0 Å². The zero-order valence-electron chi connectivity index (χ0n) is 15.5. The predicted octanol–water partition coefficient (Wildman–Crippen LogP) is 4.30. The van der Waals surface area contributed by atoms with Gasteiger partial charge in [-0.2, -0.15) is 0 Å². The van der Waals surface area contributed by atoms with Crippen LogP contribution in [0.1, 0.15) is 12.5 Å². The minimum atomic E-state index is 0.545. The molecule has 0 bridgehead atoms. The monoisotopic (exact) mass is 361 g/mol. The lowest BCUT2D eigenvalue weighted by Crippen LogP contribution is -2.31. The van der Waals surface area contributed by atoms with E-state index in [1.54, 1.807) is 7.11 Å². The number of hydrogen-bond acceptors (Lipinski definition) is 4. The molecule has 0 heterocycles. The number of benzene rings is 3. The summed E-state index contributed by atoms with van der Waals surface area (Å²) in [6.07, 6.45) is 0.